The maximum absolute atomic E-state index is 11.9. The molecular formula is C12H22N2O. The summed E-state index contributed by atoms with van der Waals surface area (Å²) in [6.07, 6.45) is 6.49. The van der Waals surface area contributed by atoms with Gasteiger partial charge in [-0.05, 0) is 31.6 Å². The van der Waals surface area contributed by atoms with Gasteiger partial charge < -0.3 is 11.1 Å². The van der Waals surface area contributed by atoms with E-state index in [4.69, 9.17) is 5.73 Å². The maximum Gasteiger partial charge on any atom is 0.223 e. The van der Waals surface area contributed by atoms with Crippen LogP contribution in [0.25, 0.3) is 0 Å². The monoisotopic (exact) mass is 210 g/mol. The van der Waals surface area contributed by atoms with Crippen LogP contribution < -0.4 is 11.1 Å². The highest BCUT2D eigenvalue weighted by atomic mass is 16.2. The SMILES string of the molecule is CCC1CC1NC(=O)C1CCCC(N)C1. The van der Waals surface area contributed by atoms with Gasteiger partial charge in [0.05, 0.1) is 0 Å². The van der Waals surface area contributed by atoms with Crippen LogP contribution in [-0.4, -0.2) is 18.0 Å². The van der Waals surface area contributed by atoms with Crippen LogP contribution in [-0.2, 0) is 4.79 Å². The van der Waals surface area contributed by atoms with Crippen LogP contribution in [0.5, 0.6) is 0 Å². The number of carbonyl (C=O) groups excluding carboxylic acids is 1. The number of nitrogens with two attached hydrogens (primary N) is 1. The fraction of sp³-hybridized carbons (Fsp3) is 0.917. The predicted molar refractivity (Wildman–Crippen MR) is 60.3 cm³/mol. The molecule has 0 spiro atoms. The first-order chi connectivity index (χ1) is 7.20. The lowest BCUT2D eigenvalue weighted by atomic mass is 9.85. The Morgan fingerprint density at radius 1 is 1.40 bits per heavy atom. The van der Waals surface area contributed by atoms with E-state index in [1.165, 1.54) is 12.8 Å². The molecule has 0 bridgehead atoms. The minimum absolute atomic E-state index is 0.187. The van der Waals surface area contributed by atoms with Crippen molar-refractivity contribution in [1.29, 1.82) is 0 Å². The van der Waals surface area contributed by atoms with Crippen LogP contribution in [0, 0.1) is 11.8 Å². The molecule has 3 N–H and O–H groups in total. The van der Waals surface area contributed by atoms with Crippen LogP contribution >= 0.6 is 0 Å². The van der Waals surface area contributed by atoms with E-state index in [1.54, 1.807) is 0 Å². The molecule has 2 aliphatic carbocycles. The lowest BCUT2D eigenvalue weighted by molar-refractivity contribution is -0.126. The zero-order chi connectivity index (χ0) is 10.8. The molecule has 0 aromatic carbocycles. The minimum Gasteiger partial charge on any atom is -0.353 e. The van der Waals surface area contributed by atoms with E-state index < -0.39 is 0 Å². The molecule has 0 heterocycles. The molecule has 3 nitrogen and oxygen atoms in total. The molecule has 2 fully saturated rings. The molecule has 2 rings (SSSR count). The van der Waals surface area contributed by atoms with Gasteiger partial charge in [-0.25, -0.2) is 0 Å². The van der Waals surface area contributed by atoms with Gasteiger partial charge in [-0.3, -0.25) is 4.79 Å². The van der Waals surface area contributed by atoms with Crippen LogP contribution in [0.1, 0.15) is 45.4 Å². The van der Waals surface area contributed by atoms with Crippen LogP contribution in [0.15, 0.2) is 0 Å². The molecule has 1 amide bonds. The van der Waals surface area contributed by atoms with E-state index in [1.807, 2.05) is 0 Å². The number of amides is 1. The summed E-state index contributed by atoms with van der Waals surface area (Å²) in [7, 11) is 0. The van der Waals surface area contributed by atoms with Gasteiger partial charge in [-0.2, -0.15) is 0 Å². The van der Waals surface area contributed by atoms with Crippen molar-refractivity contribution >= 4 is 5.91 Å². The third-order valence-electron chi connectivity index (χ3n) is 3.86. The highest BCUT2D eigenvalue weighted by Crippen LogP contribution is 2.34. The van der Waals surface area contributed by atoms with Crippen molar-refractivity contribution in [2.45, 2.75) is 57.5 Å². The van der Waals surface area contributed by atoms with E-state index in [0.29, 0.717) is 6.04 Å². The molecule has 0 aliphatic heterocycles. The smallest absolute Gasteiger partial charge is 0.223 e. The fourth-order valence-electron chi connectivity index (χ4n) is 2.64. The molecule has 0 saturated heterocycles. The highest BCUT2D eigenvalue weighted by Gasteiger charge is 2.38. The van der Waals surface area contributed by atoms with Gasteiger partial charge in [-0.15, -0.1) is 0 Å². The zero-order valence-corrected chi connectivity index (χ0v) is 9.54. The van der Waals surface area contributed by atoms with Crippen molar-refractivity contribution in [1.82, 2.24) is 5.32 Å². The molecule has 86 valence electrons. The average molecular weight is 210 g/mol. The first-order valence-corrected chi connectivity index (χ1v) is 6.26. The summed E-state index contributed by atoms with van der Waals surface area (Å²) in [5, 5.41) is 3.15. The standard InChI is InChI=1S/C12H22N2O/c1-2-8-7-11(8)14-12(15)9-4-3-5-10(13)6-9/h8-11H,2-7,13H2,1H3,(H,14,15). The molecule has 4 unspecified atom stereocenters. The summed E-state index contributed by atoms with van der Waals surface area (Å²) in [6.45, 7) is 2.19. The Labute approximate surface area is 91.8 Å². The largest absolute Gasteiger partial charge is 0.353 e. The summed E-state index contributed by atoms with van der Waals surface area (Å²) in [6, 6.07) is 0.719. The zero-order valence-electron chi connectivity index (χ0n) is 9.54. The Morgan fingerprint density at radius 3 is 2.80 bits per heavy atom. The summed E-state index contributed by atoms with van der Waals surface area (Å²) < 4.78 is 0. The molecule has 2 saturated carbocycles. The van der Waals surface area contributed by atoms with E-state index in [-0.39, 0.29) is 17.9 Å². The normalized spacial score (nSPS) is 39.9. The van der Waals surface area contributed by atoms with Gasteiger partial charge in [0.15, 0.2) is 0 Å². The van der Waals surface area contributed by atoms with Crippen molar-refractivity contribution in [3.8, 4) is 0 Å². The lowest BCUT2D eigenvalue weighted by Gasteiger charge is -2.25. The van der Waals surface area contributed by atoms with E-state index in [0.717, 1.165) is 31.6 Å². The second kappa shape index (κ2) is 4.52. The highest BCUT2D eigenvalue weighted by molar-refractivity contribution is 5.79. The lowest BCUT2D eigenvalue weighted by Crippen LogP contribution is -2.39. The minimum atomic E-state index is 0.187. The Bertz CT molecular complexity index is 242. The Kier molecular flexibility index (Phi) is 3.29. The topological polar surface area (TPSA) is 55.1 Å². The average Bonchev–Trinajstić information content (AvgIpc) is 2.96. The molecule has 4 atom stereocenters. The molecule has 2 aliphatic rings. The number of rotatable bonds is 3. The molecule has 3 heteroatoms. The Hall–Kier alpha value is -0.570. The molecular weight excluding hydrogens is 188 g/mol. The van der Waals surface area contributed by atoms with Gasteiger partial charge in [0.25, 0.3) is 0 Å². The van der Waals surface area contributed by atoms with Crippen LogP contribution in [0.3, 0.4) is 0 Å². The fourth-order valence-corrected chi connectivity index (χ4v) is 2.64. The Balaban J connectivity index is 1.75. The van der Waals surface area contributed by atoms with Gasteiger partial charge in [0, 0.05) is 18.0 Å². The quantitative estimate of drug-likeness (QED) is 0.740. The van der Waals surface area contributed by atoms with Crippen molar-refractivity contribution in [3.63, 3.8) is 0 Å². The van der Waals surface area contributed by atoms with E-state index >= 15 is 0 Å². The predicted octanol–water partition coefficient (Wildman–Crippen LogP) is 1.42. The van der Waals surface area contributed by atoms with Gasteiger partial charge in [-0.1, -0.05) is 19.8 Å². The van der Waals surface area contributed by atoms with Gasteiger partial charge in [0.2, 0.25) is 5.91 Å². The second-order valence-corrected chi connectivity index (χ2v) is 5.14. The third kappa shape index (κ3) is 2.71. The maximum atomic E-state index is 11.9. The van der Waals surface area contributed by atoms with Gasteiger partial charge >= 0.3 is 0 Å². The van der Waals surface area contributed by atoms with Crippen molar-refractivity contribution in [3.05, 3.63) is 0 Å². The van der Waals surface area contributed by atoms with Crippen molar-refractivity contribution < 1.29 is 4.79 Å². The van der Waals surface area contributed by atoms with E-state index in [9.17, 15) is 4.79 Å². The number of carbonyl (C=O) groups is 1. The number of nitrogens with one attached hydrogen (secondary N) is 1. The number of hydrogen-bond acceptors (Lipinski definition) is 2. The second-order valence-electron chi connectivity index (χ2n) is 5.14. The summed E-state index contributed by atoms with van der Waals surface area (Å²) in [5.74, 6) is 1.18. The van der Waals surface area contributed by atoms with Crippen LogP contribution in [0.4, 0.5) is 0 Å². The molecule has 0 aromatic rings. The molecule has 15 heavy (non-hydrogen) atoms. The molecule has 0 radical (unpaired) electrons. The summed E-state index contributed by atoms with van der Waals surface area (Å²) in [4.78, 5) is 11.9. The first kappa shape index (κ1) is 10.9. The Morgan fingerprint density at radius 2 is 2.20 bits per heavy atom. The van der Waals surface area contributed by atoms with Crippen LogP contribution in [0.2, 0.25) is 0 Å². The van der Waals surface area contributed by atoms with Crippen molar-refractivity contribution in [2.24, 2.45) is 17.6 Å². The third-order valence-corrected chi connectivity index (χ3v) is 3.86. The first-order valence-electron chi connectivity index (χ1n) is 6.26. The van der Waals surface area contributed by atoms with Gasteiger partial charge in [0.1, 0.15) is 0 Å². The summed E-state index contributed by atoms with van der Waals surface area (Å²) in [5.41, 5.74) is 5.88. The molecule has 0 aromatic heterocycles. The van der Waals surface area contributed by atoms with E-state index in [2.05, 4.69) is 12.2 Å². The van der Waals surface area contributed by atoms with Crippen molar-refractivity contribution in [2.75, 3.05) is 0 Å². The number of hydrogen-bond donors (Lipinski definition) is 2. The summed E-state index contributed by atoms with van der Waals surface area (Å²) >= 11 is 0.